The average molecular weight is 514 g/mol. The van der Waals surface area contributed by atoms with Crippen LogP contribution in [0, 0.1) is 0 Å². The second-order valence-corrected chi connectivity index (χ2v) is 10.5. The monoisotopic (exact) mass is 513 g/mol. The normalized spacial score (nSPS) is 16.9. The molecule has 0 radical (unpaired) electrons. The number of ether oxygens (including phenoxy) is 1. The van der Waals surface area contributed by atoms with Gasteiger partial charge >= 0.3 is 11.9 Å². The van der Waals surface area contributed by atoms with Gasteiger partial charge in [0.15, 0.2) is 5.54 Å². The summed E-state index contributed by atoms with van der Waals surface area (Å²) in [5.74, 6) is -2.18. The maximum atomic E-state index is 14.2. The molecule has 0 aliphatic carbocycles. The molecule has 7 heteroatoms. The van der Waals surface area contributed by atoms with E-state index in [1.165, 1.54) is 11.0 Å². The third-order valence-corrected chi connectivity index (χ3v) is 6.93. The Hall–Kier alpha value is -4.39. The lowest BCUT2D eigenvalue weighted by Gasteiger charge is -2.35. The number of anilines is 1. The van der Waals surface area contributed by atoms with E-state index in [9.17, 15) is 19.5 Å². The number of methoxy groups -OCH3 is 1. The van der Waals surface area contributed by atoms with E-state index in [1.54, 1.807) is 37.4 Å². The van der Waals surface area contributed by atoms with Crippen molar-refractivity contribution in [3.63, 3.8) is 0 Å². The van der Waals surface area contributed by atoms with Crippen molar-refractivity contribution in [3.8, 4) is 5.75 Å². The summed E-state index contributed by atoms with van der Waals surface area (Å²) in [6.45, 7) is 6.14. The molecular formula is C31H31NO6. The number of carbonyl (C=O) groups is 3. The van der Waals surface area contributed by atoms with E-state index in [4.69, 9.17) is 9.84 Å². The van der Waals surface area contributed by atoms with Crippen LogP contribution in [0.15, 0.2) is 72.8 Å². The van der Waals surface area contributed by atoms with Crippen LogP contribution in [0.3, 0.4) is 0 Å². The summed E-state index contributed by atoms with van der Waals surface area (Å²) in [6.07, 6.45) is 2.54. The Kier molecular flexibility index (Phi) is 7.14. The van der Waals surface area contributed by atoms with Crippen LogP contribution in [-0.4, -0.2) is 40.7 Å². The zero-order chi connectivity index (χ0) is 27.7. The van der Waals surface area contributed by atoms with Crippen LogP contribution in [0.25, 0.3) is 6.08 Å². The molecule has 7 nitrogen and oxygen atoms in total. The second-order valence-electron chi connectivity index (χ2n) is 10.5. The number of nitrogens with zero attached hydrogens (tertiary/aromatic N) is 1. The molecule has 2 N–H and O–H groups in total. The van der Waals surface area contributed by atoms with E-state index in [0.29, 0.717) is 28.1 Å². The van der Waals surface area contributed by atoms with Crippen LogP contribution in [-0.2, 0) is 27.8 Å². The van der Waals surface area contributed by atoms with Crippen molar-refractivity contribution in [1.82, 2.24) is 0 Å². The van der Waals surface area contributed by atoms with Gasteiger partial charge in [0.1, 0.15) is 5.75 Å². The maximum absolute atomic E-state index is 14.2. The molecule has 196 valence electrons. The molecule has 3 aromatic carbocycles. The Bertz CT molecular complexity index is 1420. The third kappa shape index (κ3) is 4.92. The lowest BCUT2D eigenvalue weighted by atomic mass is 9.84. The van der Waals surface area contributed by atoms with Crippen molar-refractivity contribution in [2.24, 2.45) is 0 Å². The largest absolute Gasteiger partial charge is 0.496 e. The molecule has 0 fully saturated rings. The molecular weight excluding hydrogens is 482 g/mol. The van der Waals surface area contributed by atoms with Crippen LogP contribution in [0.5, 0.6) is 5.75 Å². The van der Waals surface area contributed by atoms with Gasteiger partial charge in [-0.3, -0.25) is 9.69 Å². The maximum Gasteiger partial charge on any atom is 0.330 e. The van der Waals surface area contributed by atoms with E-state index >= 15 is 0 Å². The molecule has 3 aromatic rings. The van der Waals surface area contributed by atoms with Gasteiger partial charge in [-0.15, -0.1) is 0 Å². The van der Waals surface area contributed by atoms with E-state index < -0.39 is 23.4 Å². The number of carboxylic acid groups (broad SMARTS) is 2. The van der Waals surface area contributed by atoms with Crippen molar-refractivity contribution in [1.29, 1.82) is 0 Å². The quantitative estimate of drug-likeness (QED) is 0.412. The summed E-state index contributed by atoms with van der Waals surface area (Å²) in [7, 11) is 1.54. The van der Waals surface area contributed by atoms with Crippen LogP contribution in [0.1, 0.15) is 53.4 Å². The Morgan fingerprint density at radius 1 is 1.00 bits per heavy atom. The molecule has 4 rings (SSSR count). The molecule has 1 amide bonds. The summed E-state index contributed by atoms with van der Waals surface area (Å²) >= 11 is 0. The number of carboxylic acids is 2. The average Bonchev–Trinajstić information content (AvgIpc) is 3.22. The Morgan fingerprint density at radius 2 is 1.71 bits per heavy atom. The van der Waals surface area contributed by atoms with Crippen LogP contribution in [0.4, 0.5) is 5.69 Å². The first kappa shape index (κ1) is 26.7. The van der Waals surface area contributed by atoms with Crippen LogP contribution < -0.4 is 9.64 Å². The summed E-state index contributed by atoms with van der Waals surface area (Å²) in [5, 5.41) is 19.9. The van der Waals surface area contributed by atoms with Gasteiger partial charge in [0.25, 0.3) is 5.91 Å². The smallest absolute Gasteiger partial charge is 0.330 e. The highest BCUT2D eigenvalue weighted by molar-refractivity contribution is 6.13. The molecule has 0 saturated carbocycles. The van der Waals surface area contributed by atoms with Gasteiger partial charge in [-0.05, 0) is 51.9 Å². The number of hydrogen-bond acceptors (Lipinski definition) is 4. The molecule has 1 atom stereocenters. The zero-order valence-electron chi connectivity index (χ0n) is 21.9. The predicted octanol–water partition coefficient (Wildman–Crippen LogP) is 5.36. The SMILES string of the molecule is COc1cc(C(=O)N2c3cccc(/C=C/C(=O)O)c3CC2(Cc2ccccc2)C(=O)O)ccc1C(C)(C)C. The van der Waals surface area contributed by atoms with Gasteiger partial charge in [-0.2, -0.15) is 0 Å². The lowest BCUT2D eigenvalue weighted by molar-refractivity contribution is -0.143. The topological polar surface area (TPSA) is 104 Å². The van der Waals surface area contributed by atoms with Gasteiger partial charge in [0.2, 0.25) is 0 Å². The van der Waals surface area contributed by atoms with Gasteiger partial charge in [-0.1, -0.05) is 69.3 Å². The Balaban J connectivity index is 1.91. The minimum atomic E-state index is -1.62. The Morgan fingerprint density at radius 3 is 2.32 bits per heavy atom. The van der Waals surface area contributed by atoms with E-state index in [0.717, 1.165) is 17.2 Å². The first-order valence-corrected chi connectivity index (χ1v) is 12.3. The van der Waals surface area contributed by atoms with Crippen molar-refractivity contribution >= 4 is 29.6 Å². The number of aliphatic carboxylic acids is 2. The summed E-state index contributed by atoms with van der Waals surface area (Å²) in [4.78, 5) is 39.9. The fourth-order valence-corrected chi connectivity index (χ4v) is 5.11. The zero-order valence-corrected chi connectivity index (χ0v) is 21.9. The fraction of sp³-hybridized carbons (Fsp3) is 0.258. The van der Waals surface area contributed by atoms with Gasteiger partial charge in [0, 0.05) is 30.2 Å². The fourth-order valence-electron chi connectivity index (χ4n) is 5.11. The van der Waals surface area contributed by atoms with Crippen molar-refractivity contribution in [2.75, 3.05) is 12.0 Å². The van der Waals surface area contributed by atoms with Crippen molar-refractivity contribution in [3.05, 3.63) is 101 Å². The van der Waals surface area contributed by atoms with E-state index in [1.807, 2.05) is 57.2 Å². The standard InChI is InChI=1S/C31H31NO6/c1-30(2,3)24-15-13-22(17-26(24)38-4)28(35)32-25-12-8-11-21(14-16-27(33)34)23(25)19-31(32,29(36)37)18-20-9-6-5-7-10-20/h5-17H,18-19H2,1-4H3,(H,33,34)(H,36,37)/b16-14+. The minimum Gasteiger partial charge on any atom is -0.496 e. The van der Waals surface area contributed by atoms with E-state index in [2.05, 4.69) is 0 Å². The number of hydrogen-bond donors (Lipinski definition) is 2. The molecule has 38 heavy (non-hydrogen) atoms. The van der Waals surface area contributed by atoms with E-state index in [-0.39, 0.29) is 18.3 Å². The van der Waals surface area contributed by atoms with Crippen LogP contribution in [0.2, 0.25) is 0 Å². The summed E-state index contributed by atoms with van der Waals surface area (Å²) in [6, 6.07) is 19.5. The highest BCUT2D eigenvalue weighted by Gasteiger charge is 2.53. The molecule has 1 heterocycles. The molecule has 0 saturated heterocycles. The van der Waals surface area contributed by atoms with Gasteiger partial charge < -0.3 is 14.9 Å². The molecule has 1 aliphatic rings. The second kappa shape index (κ2) is 10.2. The first-order valence-electron chi connectivity index (χ1n) is 12.3. The highest BCUT2D eigenvalue weighted by Crippen LogP contribution is 2.44. The minimum absolute atomic E-state index is 0.0235. The predicted molar refractivity (Wildman–Crippen MR) is 146 cm³/mol. The van der Waals surface area contributed by atoms with Gasteiger partial charge in [-0.25, -0.2) is 9.59 Å². The molecule has 0 spiro atoms. The molecule has 1 unspecified atom stereocenters. The van der Waals surface area contributed by atoms with Gasteiger partial charge in [0.05, 0.1) is 7.11 Å². The summed E-state index contributed by atoms with van der Waals surface area (Å²) in [5.41, 5.74) is 1.75. The first-order chi connectivity index (χ1) is 18.0. The lowest BCUT2D eigenvalue weighted by Crippen LogP contribution is -2.57. The number of fused-ring (bicyclic) bond motifs is 1. The number of carbonyl (C=O) groups excluding carboxylic acids is 1. The van der Waals surface area contributed by atoms with Crippen molar-refractivity contribution < 1.29 is 29.3 Å². The van der Waals surface area contributed by atoms with Crippen molar-refractivity contribution in [2.45, 2.75) is 44.6 Å². The Labute approximate surface area is 222 Å². The third-order valence-electron chi connectivity index (χ3n) is 6.93. The number of rotatable bonds is 7. The molecule has 1 aliphatic heterocycles. The van der Waals surface area contributed by atoms with Crippen LogP contribution >= 0.6 is 0 Å². The summed E-state index contributed by atoms with van der Waals surface area (Å²) < 4.78 is 5.61. The highest BCUT2D eigenvalue weighted by atomic mass is 16.5. The number of benzene rings is 3. The number of amides is 1. The molecule has 0 bridgehead atoms. The molecule has 0 aromatic heterocycles.